The highest BCUT2D eigenvalue weighted by molar-refractivity contribution is 9.10. The number of hydrogen-bond acceptors (Lipinski definition) is 3. The van der Waals surface area contributed by atoms with Crippen molar-refractivity contribution in [3.05, 3.63) is 45.0 Å². The van der Waals surface area contributed by atoms with E-state index in [1.165, 1.54) is 9.35 Å². The van der Waals surface area contributed by atoms with Crippen LogP contribution in [0.3, 0.4) is 0 Å². The Morgan fingerprint density at radius 2 is 2.40 bits per heavy atom. The van der Waals surface area contributed by atoms with Gasteiger partial charge in [0.05, 0.1) is 12.3 Å². The van der Waals surface area contributed by atoms with E-state index in [9.17, 15) is 0 Å². The monoisotopic (exact) mass is 285 g/mol. The number of rotatable bonds is 4. The molecule has 0 aliphatic carbocycles. The molecule has 2 aromatic heterocycles. The molecule has 15 heavy (non-hydrogen) atoms. The number of furan rings is 1. The van der Waals surface area contributed by atoms with Crippen LogP contribution < -0.4 is 5.32 Å². The summed E-state index contributed by atoms with van der Waals surface area (Å²) in [7, 11) is 1.95. The molecule has 0 aromatic carbocycles. The van der Waals surface area contributed by atoms with Gasteiger partial charge in [-0.2, -0.15) is 0 Å². The summed E-state index contributed by atoms with van der Waals surface area (Å²) in [4.78, 5) is 1.34. The molecule has 1 N–H and O–H groups in total. The van der Waals surface area contributed by atoms with Gasteiger partial charge in [-0.3, -0.25) is 0 Å². The SMILES string of the molecule is CNC(Cc1sccc1Br)c1ccco1. The fourth-order valence-electron chi connectivity index (χ4n) is 1.49. The van der Waals surface area contributed by atoms with Crippen molar-refractivity contribution in [1.29, 1.82) is 0 Å². The molecule has 0 aliphatic heterocycles. The zero-order chi connectivity index (χ0) is 10.7. The van der Waals surface area contributed by atoms with E-state index >= 15 is 0 Å². The molecule has 80 valence electrons. The second-order valence-electron chi connectivity index (χ2n) is 3.25. The van der Waals surface area contributed by atoms with Crippen molar-refractivity contribution in [2.45, 2.75) is 12.5 Å². The number of thiophene rings is 1. The van der Waals surface area contributed by atoms with Gasteiger partial charge < -0.3 is 9.73 Å². The van der Waals surface area contributed by atoms with Gasteiger partial charge in [-0.1, -0.05) is 0 Å². The lowest BCUT2D eigenvalue weighted by atomic mass is 10.1. The van der Waals surface area contributed by atoms with Crippen LogP contribution in [0, 0.1) is 0 Å². The van der Waals surface area contributed by atoms with E-state index in [0.29, 0.717) is 0 Å². The first kappa shape index (κ1) is 10.9. The first-order valence-electron chi connectivity index (χ1n) is 4.74. The summed E-state index contributed by atoms with van der Waals surface area (Å²) in [5, 5.41) is 5.35. The van der Waals surface area contributed by atoms with Gasteiger partial charge in [-0.15, -0.1) is 11.3 Å². The Labute approximate surface area is 101 Å². The molecule has 0 aliphatic rings. The molecule has 0 radical (unpaired) electrons. The van der Waals surface area contributed by atoms with Crippen molar-refractivity contribution in [1.82, 2.24) is 5.32 Å². The molecule has 1 atom stereocenters. The normalized spacial score (nSPS) is 12.9. The van der Waals surface area contributed by atoms with Gasteiger partial charge in [0, 0.05) is 15.8 Å². The van der Waals surface area contributed by atoms with Crippen molar-refractivity contribution in [3.63, 3.8) is 0 Å². The molecule has 0 saturated heterocycles. The molecular formula is C11H12BrNOS. The molecule has 1 unspecified atom stereocenters. The van der Waals surface area contributed by atoms with Crippen LogP contribution in [0.2, 0.25) is 0 Å². The van der Waals surface area contributed by atoms with Gasteiger partial charge in [-0.05, 0) is 46.6 Å². The molecule has 2 nitrogen and oxygen atoms in total. The summed E-state index contributed by atoms with van der Waals surface area (Å²) in [6, 6.07) is 6.25. The minimum absolute atomic E-state index is 0.245. The van der Waals surface area contributed by atoms with E-state index in [-0.39, 0.29) is 6.04 Å². The van der Waals surface area contributed by atoms with Crippen LogP contribution in [0.1, 0.15) is 16.7 Å². The maximum atomic E-state index is 5.40. The van der Waals surface area contributed by atoms with E-state index in [1.807, 2.05) is 19.2 Å². The molecule has 0 bridgehead atoms. The lowest BCUT2D eigenvalue weighted by Crippen LogP contribution is -2.17. The van der Waals surface area contributed by atoms with Crippen molar-refractivity contribution in [2.75, 3.05) is 7.05 Å². The molecular weight excluding hydrogens is 274 g/mol. The Balaban J connectivity index is 2.13. The standard InChI is InChI=1S/C11H12BrNOS/c1-13-9(10-3-2-5-14-10)7-11-8(12)4-6-15-11/h2-6,9,13H,7H2,1H3. The largest absolute Gasteiger partial charge is 0.468 e. The number of likely N-dealkylation sites (N-methyl/N-ethyl adjacent to an activating group) is 1. The number of halogens is 1. The van der Waals surface area contributed by atoms with Crippen LogP contribution in [0.4, 0.5) is 0 Å². The first-order chi connectivity index (χ1) is 7.31. The predicted octanol–water partition coefficient (Wildman–Crippen LogP) is 3.61. The Hall–Kier alpha value is -0.580. The second kappa shape index (κ2) is 4.96. The van der Waals surface area contributed by atoms with E-state index < -0.39 is 0 Å². The molecule has 2 heterocycles. The van der Waals surface area contributed by atoms with Crippen molar-refractivity contribution < 1.29 is 4.42 Å². The lowest BCUT2D eigenvalue weighted by molar-refractivity contribution is 0.430. The van der Waals surface area contributed by atoms with Crippen LogP contribution in [0.15, 0.2) is 38.7 Å². The van der Waals surface area contributed by atoms with Gasteiger partial charge in [0.1, 0.15) is 5.76 Å². The highest BCUT2D eigenvalue weighted by Gasteiger charge is 2.14. The van der Waals surface area contributed by atoms with Crippen LogP contribution >= 0.6 is 27.3 Å². The van der Waals surface area contributed by atoms with Gasteiger partial charge in [0.15, 0.2) is 0 Å². The van der Waals surface area contributed by atoms with E-state index in [0.717, 1.165) is 12.2 Å². The minimum atomic E-state index is 0.245. The summed E-state index contributed by atoms with van der Waals surface area (Å²) >= 11 is 5.30. The zero-order valence-electron chi connectivity index (χ0n) is 8.37. The Morgan fingerprint density at radius 3 is 2.93 bits per heavy atom. The highest BCUT2D eigenvalue weighted by atomic mass is 79.9. The summed E-state index contributed by atoms with van der Waals surface area (Å²) in [5.41, 5.74) is 0. The van der Waals surface area contributed by atoms with Crippen molar-refractivity contribution in [2.24, 2.45) is 0 Å². The number of hydrogen-bond donors (Lipinski definition) is 1. The van der Waals surface area contributed by atoms with Gasteiger partial charge >= 0.3 is 0 Å². The highest BCUT2D eigenvalue weighted by Crippen LogP contribution is 2.28. The average Bonchev–Trinajstić information content (AvgIpc) is 2.86. The molecule has 0 amide bonds. The fourth-order valence-corrected chi connectivity index (χ4v) is 3.05. The third-order valence-electron chi connectivity index (χ3n) is 2.32. The molecule has 0 spiro atoms. The van der Waals surface area contributed by atoms with Gasteiger partial charge in [0.25, 0.3) is 0 Å². The third-order valence-corrected chi connectivity index (χ3v) is 4.26. The lowest BCUT2D eigenvalue weighted by Gasteiger charge is -2.12. The fraction of sp³-hybridized carbons (Fsp3) is 0.273. The Morgan fingerprint density at radius 1 is 1.53 bits per heavy atom. The zero-order valence-corrected chi connectivity index (χ0v) is 10.8. The Kier molecular flexibility index (Phi) is 3.61. The predicted molar refractivity (Wildman–Crippen MR) is 66.2 cm³/mol. The van der Waals surface area contributed by atoms with Crippen molar-refractivity contribution >= 4 is 27.3 Å². The van der Waals surface area contributed by atoms with Gasteiger partial charge in [-0.25, -0.2) is 0 Å². The average molecular weight is 286 g/mol. The first-order valence-corrected chi connectivity index (χ1v) is 6.41. The second-order valence-corrected chi connectivity index (χ2v) is 5.11. The van der Waals surface area contributed by atoms with E-state index in [4.69, 9.17) is 4.42 Å². The molecule has 4 heteroatoms. The van der Waals surface area contributed by atoms with E-state index in [2.05, 4.69) is 32.7 Å². The van der Waals surface area contributed by atoms with Crippen LogP contribution in [0.5, 0.6) is 0 Å². The van der Waals surface area contributed by atoms with Crippen molar-refractivity contribution in [3.8, 4) is 0 Å². The van der Waals surface area contributed by atoms with Gasteiger partial charge in [0.2, 0.25) is 0 Å². The minimum Gasteiger partial charge on any atom is -0.468 e. The third kappa shape index (κ3) is 2.51. The molecule has 0 fully saturated rings. The summed E-state index contributed by atoms with van der Waals surface area (Å²) < 4.78 is 6.58. The van der Waals surface area contributed by atoms with Crippen LogP contribution in [0.25, 0.3) is 0 Å². The van der Waals surface area contributed by atoms with E-state index in [1.54, 1.807) is 17.6 Å². The topological polar surface area (TPSA) is 25.2 Å². The quantitative estimate of drug-likeness (QED) is 0.929. The molecule has 2 aromatic rings. The summed E-state index contributed by atoms with van der Waals surface area (Å²) in [5.74, 6) is 0.984. The summed E-state index contributed by atoms with van der Waals surface area (Å²) in [6.07, 6.45) is 2.66. The number of nitrogens with one attached hydrogen (secondary N) is 1. The van der Waals surface area contributed by atoms with Crippen LogP contribution in [-0.4, -0.2) is 7.05 Å². The maximum Gasteiger partial charge on any atom is 0.121 e. The molecule has 2 rings (SSSR count). The molecule has 0 saturated carbocycles. The Bertz CT molecular complexity index is 410. The smallest absolute Gasteiger partial charge is 0.121 e. The summed E-state index contributed by atoms with van der Waals surface area (Å²) in [6.45, 7) is 0. The maximum absolute atomic E-state index is 5.40. The van der Waals surface area contributed by atoms with Crippen LogP contribution in [-0.2, 0) is 6.42 Å².